The Bertz CT molecular complexity index is 1240. The first-order valence-corrected chi connectivity index (χ1v) is 11.2. The average Bonchev–Trinajstić information content (AvgIpc) is 2.85. The second-order valence-electron chi connectivity index (χ2n) is 8.15. The molecule has 0 saturated heterocycles. The van der Waals surface area contributed by atoms with Crippen molar-refractivity contribution in [3.8, 4) is 33.8 Å². The van der Waals surface area contributed by atoms with E-state index >= 15 is 0 Å². The van der Waals surface area contributed by atoms with E-state index in [0.29, 0.717) is 41.4 Å². The van der Waals surface area contributed by atoms with Gasteiger partial charge in [-0.1, -0.05) is 49.6 Å². The van der Waals surface area contributed by atoms with Crippen molar-refractivity contribution in [2.45, 2.75) is 20.3 Å². The van der Waals surface area contributed by atoms with Gasteiger partial charge in [-0.25, -0.2) is 9.59 Å². The van der Waals surface area contributed by atoms with E-state index in [1.54, 1.807) is 26.0 Å². The largest absolute Gasteiger partial charge is 0.491 e. The van der Waals surface area contributed by atoms with E-state index in [2.05, 4.69) is 19.2 Å². The van der Waals surface area contributed by atoms with Gasteiger partial charge in [-0.2, -0.15) is 0 Å². The molecule has 0 aliphatic rings. The Morgan fingerprint density at radius 2 is 1.37 bits per heavy atom. The van der Waals surface area contributed by atoms with Crippen LogP contribution in [0.2, 0.25) is 0 Å². The summed E-state index contributed by atoms with van der Waals surface area (Å²) in [5.41, 5.74) is 11.4. The van der Waals surface area contributed by atoms with Crippen LogP contribution in [0.4, 0.5) is 5.69 Å². The number of rotatable bonds is 10. The van der Waals surface area contributed by atoms with Gasteiger partial charge in [0.05, 0.1) is 18.9 Å². The van der Waals surface area contributed by atoms with Crippen molar-refractivity contribution in [2.24, 2.45) is 0 Å². The van der Waals surface area contributed by atoms with E-state index in [9.17, 15) is 9.59 Å². The Morgan fingerprint density at radius 1 is 0.771 bits per heavy atom. The molecule has 0 fully saturated rings. The highest BCUT2D eigenvalue weighted by Crippen LogP contribution is 2.31. The van der Waals surface area contributed by atoms with Crippen molar-refractivity contribution in [1.82, 2.24) is 0 Å². The summed E-state index contributed by atoms with van der Waals surface area (Å²) < 4.78 is 16.0. The van der Waals surface area contributed by atoms with Crippen LogP contribution in [-0.2, 0) is 14.3 Å². The molecule has 2 N–H and O–H groups in total. The second kappa shape index (κ2) is 11.7. The maximum Gasteiger partial charge on any atom is 0.338 e. The highest BCUT2D eigenvalue weighted by molar-refractivity contribution is 5.89. The molecule has 0 aliphatic carbocycles. The molecule has 6 heteroatoms. The predicted molar refractivity (Wildman–Crippen MR) is 138 cm³/mol. The van der Waals surface area contributed by atoms with Crippen molar-refractivity contribution in [3.05, 3.63) is 91.0 Å². The lowest BCUT2D eigenvalue weighted by molar-refractivity contribution is -0.139. The molecule has 0 aliphatic heterocycles. The number of anilines is 1. The Morgan fingerprint density at radius 3 is 2.00 bits per heavy atom. The summed E-state index contributed by atoms with van der Waals surface area (Å²) >= 11 is 0. The molecule has 0 radical (unpaired) electrons. The van der Waals surface area contributed by atoms with Crippen molar-refractivity contribution >= 4 is 17.6 Å². The molecular formula is C29H29NO5. The molecule has 0 saturated carbocycles. The van der Waals surface area contributed by atoms with Crippen molar-refractivity contribution in [2.75, 3.05) is 18.9 Å². The zero-order valence-corrected chi connectivity index (χ0v) is 20.0. The van der Waals surface area contributed by atoms with Crippen LogP contribution in [0.5, 0.6) is 11.5 Å². The summed E-state index contributed by atoms with van der Waals surface area (Å²) in [5.74, 6) is 0.195. The predicted octanol–water partition coefficient (Wildman–Crippen LogP) is 5.97. The maximum atomic E-state index is 11.7. The fraction of sp³-hybridized carbons (Fsp3) is 0.172. The van der Waals surface area contributed by atoms with Crippen LogP contribution in [0, 0.1) is 0 Å². The number of nitrogens with two attached hydrogens (primary N) is 1. The molecule has 0 bridgehead atoms. The summed E-state index contributed by atoms with van der Waals surface area (Å²) in [4.78, 5) is 23.1. The molecule has 0 unspecified atom stereocenters. The van der Waals surface area contributed by atoms with Crippen LogP contribution in [0.3, 0.4) is 0 Å². The van der Waals surface area contributed by atoms with Gasteiger partial charge in [-0.05, 0) is 66.4 Å². The fourth-order valence-electron chi connectivity index (χ4n) is 3.18. The normalized spacial score (nSPS) is 10.3. The molecule has 180 valence electrons. The molecule has 0 amide bonds. The van der Waals surface area contributed by atoms with Gasteiger partial charge in [-0.15, -0.1) is 0 Å². The van der Waals surface area contributed by atoms with E-state index < -0.39 is 11.9 Å². The zero-order chi connectivity index (χ0) is 25.4. The maximum absolute atomic E-state index is 11.7. The lowest BCUT2D eigenvalue weighted by atomic mass is 9.98. The van der Waals surface area contributed by atoms with Gasteiger partial charge in [0.1, 0.15) is 11.5 Å². The molecular weight excluding hydrogens is 442 g/mol. The van der Waals surface area contributed by atoms with E-state index in [-0.39, 0.29) is 6.61 Å². The summed E-state index contributed by atoms with van der Waals surface area (Å²) in [6.45, 7) is 11.0. The average molecular weight is 472 g/mol. The van der Waals surface area contributed by atoms with Gasteiger partial charge in [0, 0.05) is 17.6 Å². The molecule has 0 atom stereocenters. The third kappa shape index (κ3) is 7.08. The van der Waals surface area contributed by atoms with Crippen LogP contribution >= 0.6 is 0 Å². The van der Waals surface area contributed by atoms with E-state index in [0.717, 1.165) is 22.3 Å². The summed E-state index contributed by atoms with van der Waals surface area (Å²) in [7, 11) is 0. The van der Waals surface area contributed by atoms with Crippen LogP contribution in [0.1, 0.15) is 20.3 Å². The molecule has 0 aromatic heterocycles. The standard InChI is InChI=1S/C29H29NO5/c1-19(2)28(31)34-16-6-15-33-27-14-11-24(18-26(27)30)23-8-5-7-22(17-23)21-9-12-25(13-10-21)35-29(32)20(3)4/h5,7-14,17-18H,1,3,6,15-16,30H2,2,4H3. The Hall–Kier alpha value is -4.32. The van der Waals surface area contributed by atoms with Crippen LogP contribution < -0.4 is 15.2 Å². The summed E-state index contributed by atoms with van der Waals surface area (Å²) in [6, 6.07) is 21.0. The third-order valence-corrected chi connectivity index (χ3v) is 5.08. The lowest BCUT2D eigenvalue weighted by Gasteiger charge is -2.12. The van der Waals surface area contributed by atoms with Gasteiger partial charge in [0.2, 0.25) is 0 Å². The monoisotopic (exact) mass is 471 g/mol. The molecule has 0 heterocycles. The van der Waals surface area contributed by atoms with Gasteiger partial charge in [0.25, 0.3) is 0 Å². The number of nitrogen functional groups attached to an aromatic ring is 1. The molecule has 35 heavy (non-hydrogen) atoms. The molecule has 3 rings (SSSR count). The first-order chi connectivity index (χ1) is 16.7. The Balaban J connectivity index is 1.64. The molecule has 3 aromatic rings. The molecule has 6 nitrogen and oxygen atoms in total. The summed E-state index contributed by atoms with van der Waals surface area (Å²) in [5, 5.41) is 0. The zero-order valence-electron chi connectivity index (χ0n) is 20.0. The first-order valence-electron chi connectivity index (χ1n) is 11.2. The van der Waals surface area contributed by atoms with E-state index in [4.69, 9.17) is 19.9 Å². The van der Waals surface area contributed by atoms with Crippen molar-refractivity contribution in [3.63, 3.8) is 0 Å². The topological polar surface area (TPSA) is 87.9 Å². The SMILES string of the molecule is C=C(C)C(=O)OCCCOc1ccc(-c2cccc(-c3ccc(OC(=O)C(=C)C)cc3)c2)cc1N. The number of carbonyl (C=O) groups excluding carboxylic acids is 2. The van der Waals surface area contributed by atoms with Gasteiger partial charge >= 0.3 is 11.9 Å². The van der Waals surface area contributed by atoms with Gasteiger partial charge in [0.15, 0.2) is 0 Å². The first kappa shape index (κ1) is 25.3. The summed E-state index contributed by atoms with van der Waals surface area (Å²) in [6.07, 6.45) is 0.549. The number of ether oxygens (including phenoxy) is 3. The van der Waals surface area contributed by atoms with Crippen LogP contribution in [-0.4, -0.2) is 25.2 Å². The Kier molecular flexibility index (Phi) is 8.46. The Labute approximate surface area is 205 Å². The number of benzene rings is 3. The van der Waals surface area contributed by atoms with E-state index in [1.165, 1.54) is 0 Å². The van der Waals surface area contributed by atoms with Crippen molar-refractivity contribution in [1.29, 1.82) is 0 Å². The van der Waals surface area contributed by atoms with Crippen LogP contribution in [0.15, 0.2) is 91.0 Å². The third-order valence-electron chi connectivity index (χ3n) is 5.08. The molecule has 3 aromatic carbocycles. The van der Waals surface area contributed by atoms with Crippen LogP contribution in [0.25, 0.3) is 22.3 Å². The quantitative estimate of drug-likeness (QED) is 0.129. The minimum atomic E-state index is -0.448. The van der Waals surface area contributed by atoms with Gasteiger partial charge in [-0.3, -0.25) is 0 Å². The second-order valence-corrected chi connectivity index (χ2v) is 8.15. The lowest BCUT2D eigenvalue weighted by Crippen LogP contribution is -2.09. The van der Waals surface area contributed by atoms with Gasteiger partial charge < -0.3 is 19.9 Å². The number of hydrogen-bond acceptors (Lipinski definition) is 6. The van der Waals surface area contributed by atoms with E-state index in [1.807, 2.05) is 48.5 Å². The molecule has 0 spiro atoms. The highest BCUT2D eigenvalue weighted by atomic mass is 16.5. The minimum absolute atomic E-state index is 0.258. The number of hydrogen-bond donors (Lipinski definition) is 1. The number of esters is 2. The smallest absolute Gasteiger partial charge is 0.338 e. The highest BCUT2D eigenvalue weighted by Gasteiger charge is 2.08. The van der Waals surface area contributed by atoms with Crippen molar-refractivity contribution < 1.29 is 23.8 Å². The fourth-order valence-corrected chi connectivity index (χ4v) is 3.18. The minimum Gasteiger partial charge on any atom is -0.491 e. The number of carbonyl (C=O) groups is 2.